The first-order valence-electron chi connectivity index (χ1n) is 6.31. The summed E-state index contributed by atoms with van der Waals surface area (Å²) in [5.41, 5.74) is 1.04. The average molecular weight is 275 g/mol. The molecular formula is C14H17N3O3. The minimum atomic E-state index is -0.418. The van der Waals surface area contributed by atoms with E-state index >= 15 is 0 Å². The van der Waals surface area contributed by atoms with Gasteiger partial charge in [0, 0.05) is 25.0 Å². The van der Waals surface area contributed by atoms with Crippen molar-refractivity contribution in [1.29, 1.82) is 0 Å². The molecule has 1 amide bonds. The number of H-pyrrole nitrogens is 1. The first-order valence-corrected chi connectivity index (χ1v) is 6.31. The molecule has 0 spiro atoms. The van der Waals surface area contributed by atoms with Gasteiger partial charge in [0.05, 0.1) is 12.0 Å². The van der Waals surface area contributed by atoms with Crippen LogP contribution < -0.4 is 10.7 Å². The number of methoxy groups -OCH3 is 1. The van der Waals surface area contributed by atoms with Crippen molar-refractivity contribution in [3.63, 3.8) is 0 Å². The van der Waals surface area contributed by atoms with Gasteiger partial charge < -0.3 is 15.0 Å². The number of amides is 1. The Kier molecular flexibility index (Phi) is 4.14. The van der Waals surface area contributed by atoms with Gasteiger partial charge >= 0.3 is 0 Å². The molecule has 0 unspecified atom stereocenters. The van der Waals surface area contributed by atoms with Crippen LogP contribution in [0.2, 0.25) is 0 Å². The number of aromatic amines is 1. The van der Waals surface area contributed by atoms with Crippen LogP contribution in [0.4, 0.5) is 0 Å². The molecule has 0 aliphatic heterocycles. The molecule has 0 aliphatic carbocycles. The number of ether oxygens (including phenoxy) is 1. The number of aromatic nitrogens is 2. The molecule has 0 saturated carbocycles. The normalized spacial score (nSPS) is 12.3. The zero-order chi connectivity index (χ0) is 14.7. The second kappa shape index (κ2) is 5.83. The smallest absolute Gasteiger partial charge is 0.257 e. The van der Waals surface area contributed by atoms with Gasteiger partial charge in [0.2, 0.25) is 5.43 Å². The summed E-state index contributed by atoms with van der Waals surface area (Å²) < 4.78 is 4.94. The lowest BCUT2D eigenvalue weighted by Gasteiger charge is -2.12. The van der Waals surface area contributed by atoms with Crippen molar-refractivity contribution >= 4 is 16.9 Å². The molecule has 106 valence electrons. The van der Waals surface area contributed by atoms with Crippen LogP contribution in [-0.2, 0) is 4.74 Å². The van der Waals surface area contributed by atoms with Gasteiger partial charge in [-0.3, -0.25) is 9.59 Å². The summed E-state index contributed by atoms with van der Waals surface area (Å²) in [4.78, 5) is 31.4. The Hall–Kier alpha value is -2.21. The highest BCUT2D eigenvalue weighted by Gasteiger charge is 2.15. The van der Waals surface area contributed by atoms with Crippen LogP contribution in [0, 0.1) is 6.92 Å². The van der Waals surface area contributed by atoms with E-state index in [2.05, 4.69) is 15.3 Å². The molecule has 6 heteroatoms. The van der Waals surface area contributed by atoms with Crippen molar-refractivity contribution in [3.05, 3.63) is 39.8 Å². The molecule has 20 heavy (non-hydrogen) atoms. The number of hydrogen-bond donors (Lipinski definition) is 2. The van der Waals surface area contributed by atoms with Crippen molar-refractivity contribution in [2.45, 2.75) is 19.9 Å². The topological polar surface area (TPSA) is 84.1 Å². The van der Waals surface area contributed by atoms with Crippen LogP contribution in [0.15, 0.2) is 23.1 Å². The third-order valence-electron chi connectivity index (χ3n) is 2.92. The Morgan fingerprint density at radius 1 is 1.50 bits per heavy atom. The highest BCUT2D eigenvalue weighted by molar-refractivity contribution is 5.96. The van der Waals surface area contributed by atoms with E-state index in [1.807, 2.05) is 13.8 Å². The van der Waals surface area contributed by atoms with Gasteiger partial charge in [-0.15, -0.1) is 0 Å². The van der Waals surface area contributed by atoms with Gasteiger partial charge in [-0.05, 0) is 26.0 Å². The first-order chi connectivity index (χ1) is 9.52. The molecule has 0 aromatic carbocycles. The zero-order valence-corrected chi connectivity index (χ0v) is 11.7. The third kappa shape index (κ3) is 2.85. The Morgan fingerprint density at radius 2 is 2.25 bits per heavy atom. The largest absolute Gasteiger partial charge is 0.383 e. The van der Waals surface area contributed by atoms with Crippen molar-refractivity contribution < 1.29 is 9.53 Å². The molecule has 0 aliphatic rings. The Labute approximate surface area is 116 Å². The molecule has 0 radical (unpaired) electrons. The van der Waals surface area contributed by atoms with Crippen LogP contribution >= 0.6 is 0 Å². The lowest BCUT2D eigenvalue weighted by molar-refractivity contribution is 0.0904. The van der Waals surface area contributed by atoms with E-state index in [1.165, 1.54) is 6.20 Å². The Bertz CT molecular complexity index is 694. The van der Waals surface area contributed by atoms with Crippen LogP contribution in [0.5, 0.6) is 0 Å². The number of aryl methyl sites for hydroxylation is 1. The highest BCUT2D eigenvalue weighted by atomic mass is 16.5. The second-order valence-corrected chi connectivity index (χ2v) is 4.71. The molecule has 0 saturated heterocycles. The summed E-state index contributed by atoms with van der Waals surface area (Å²) in [6.07, 6.45) is 1.39. The minimum Gasteiger partial charge on any atom is -0.383 e. The summed E-state index contributed by atoms with van der Waals surface area (Å²) in [5.74, 6) is -0.418. The van der Waals surface area contributed by atoms with Gasteiger partial charge in [0.15, 0.2) is 0 Å². The van der Waals surface area contributed by atoms with Crippen molar-refractivity contribution in [1.82, 2.24) is 15.3 Å². The quantitative estimate of drug-likeness (QED) is 0.871. The third-order valence-corrected chi connectivity index (χ3v) is 2.92. The monoisotopic (exact) mass is 275 g/mol. The summed E-state index contributed by atoms with van der Waals surface area (Å²) in [5, 5.41) is 3.11. The summed E-state index contributed by atoms with van der Waals surface area (Å²) in [6.45, 7) is 4.03. The molecule has 0 fully saturated rings. The molecular weight excluding hydrogens is 258 g/mol. The van der Waals surface area contributed by atoms with E-state index in [4.69, 9.17) is 4.74 Å². The maximum atomic E-state index is 12.3. The number of hydrogen-bond acceptors (Lipinski definition) is 4. The van der Waals surface area contributed by atoms with E-state index in [-0.39, 0.29) is 17.0 Å². The lowest BCUT2D eigenvalue weighted by atomic mass is 10.1. The molecule has 0 bridgehead atoms. The van der Waals surface area contributed by atoms with Gasteiger partial charge in [-0.1, -0.05) is 0 Å². The Morgan fingerprint density at radius 3 is 2.95 bits per heavy atom. The predicted molar refractivity (Wildman–Crippen MR) is 75.9 cm³/mol. The predicted octanol–water partition coefficient (Wildman–Crippen LogP) is 0.996. The number of nitrogens with zero attached hydrogens (tertiary/aromatic N) is 1. The van der Waals surface area contributed by atoms with E-state index < -0.39 is 5.91 Å². The van der Waals surface area contributed by atoms with Gasteiger partial charge in [-0.2, -0.15) is 0 Å². The summed E-state index contributed by atoms with van der Waals surface area (Å²) in [7, 11) is 1.56. The number of rotatable bonds is 4. The zero-order valence-electron chi connectivity index (χ0n) is 11.7. The molecule has 2 rings (SSSR count). The maximum absolute atomic E-state index is 12.3. The van der Waals surface area contributed by atoms with E-state index in [1.54, 1.807) is 19.2 Å². The van der Waals surface area contributed by atoms with Crippen LogP contribution in [0.1, 0.15) is 23.0 Å². The second-order valence-electron chi connectivity index (χ2n) is 4.71. The van der Waals surface area contributed by atoms with Gasteiger partial charge in [0.1, 0.15) is 11.2 Å². The fourth-order valence-electron chi connectivity index (χ4n) is 1.96. The summed E-state index contributed by atoms with van der Waals surface area (Å²) in [6, 6.07) is 3.25. The Balaban J connectivity index is 2.36. The molecule has 6 nitrogen and oxygen atoms in total. The van der Waals surface area contributed by atoms with E-state index in [0.717, 1.165) is 5.69 Å². The van der Waals surface area contributed by atoms with Crippen LogP contribution in [0.3, 0.4) is 0 Å². The standard InChI is InChI=1S/C14H17N3O3/c1-8-4-5-10-12(18)11(6-15-13(10)16-8)14(19)17-9(2)7-20-3/h4-6,9H,7H2,1-3H3,(H,17,19)(H,15,16,18)/t9-/m1/s1. The number of carbonyl (C=O) groups is 1. The fourth-order valence-corrected chi connectivity index (χ4v) is 1.96. The van der Waals surface area contributed by atoms with Crippen molar-refractivity contribution in [2.75, 3.05) is 13.7 Å². The van der Waals surface area contributed by atoms with Gasteiger partial charge in [0.25, 0.3) is 5.91 Å². The SMILES string of the molecule is COC[C@@H](C)NC(=O)c1c[nH]c2nc(C)ccc2c1=O. The van der Waals surface area contributed by atoms with Crippen LogP contribution in [0.25, 0.3) is 11.0 Å². The molecule has 1 atom stereocenters. The molecule has 2 aromatic heterocycles. The molecule has 2 N–H and O–H groups in total. The van der Waals surface area contributed by atoms with Gasteiger partial charge in [-0.25, -0.2) is 4.98 Å². The number of nitrogens with one attached hydrogen (secondary N) is 2. The number of carbonyl (C=O) groups excluding carboxylic acids is 1. The first kappa shape index (κ1) is 14.2. The number of fused-ring (bicyclic) bond motifs is 1. The molecule has 2 heterocycles. The fraction of sp³-hybridized carbons (Fsp3) is 0.357. The maximum Gasteiger partial charge on any atom is 0.257 e. The van der Waals surface area contributed by atoms with E-state index in [0.29, 0.717) is 17.6 Å². The van der Waals surface area contributed by atoms with E-state index in [9.17, 15) is 9.59 Å². The molecule has 2 aromatic rings. The highest BCUT2D eigenvalue weighted by Crippen LogP contribution is 2.06. The van der Waals surface area contributed by atoms with Crippen molar-refractivity contribution in [3.8, 4) is 0 Å². The lowest BCUT2D eigenvalue weighted by Crippen LogP contribution is -2.38. The average Bonchev–Trinajstić information content (AvgIpc) is 2.38. The number of pyridine rings is 2. The van der Waals surface area contributed by atoms with Crippen molar-refractivity contribution in [2.24, 2.45) is 0 Å². The minimum absolute atomic E-state index is 0.0751. The van der Waals surface area contributed by atoms with Crippen LogP contribution in [-0.4, -0.2) is 35.6 Å². The summed E-state index contributed by atoms with van der Waals surface area (Å²) >= 11 is 0.